The SMILES string of the molecule is COc1ccc(Oc2ncccc2/C(=N/O)n2ccnc2)cc1. The topological polar surface area (TPSA) is 81.8 Å². The molecule has 7 nitrogen and oxygen atoms in total. The summed E-state index contributed by atoms with van der Waals surface area (Å²) in [5.74, 6) is 1.90. The highest BCUT2D eigenvalue weighted by atomic mass is 16.5. The average Bonchev–Trinajstić information content (AvgIpc) is 3.12. The first-order valence-electron chi connectivity index (χ1n) is 6.79. The lowest BCUT2D eigenvalue weighted by atomic mass is 10.2. The van der Waals surface area contributed by atoms with E-state index in [2.05, 4.69) is 15.1 Å². The van der Waals surface area contributed by atoms with Crippen molar-refractivity contribution in [2.75, 3.05) is 7.11 Å². The van der Waals surface area contributed by atoms with E-state index in [1.54, 1.807) is 66.7 Å². The Balaban J connectivity index is 1.94. The van der Waals surface area contributed by atoms with Crippen LogP contribution in [0.3, 0.4) is 0 Å². The molecule has 0 bridgehead atoms. The highest BCUT2D eigenvalue weighted by Gasteiger charge is 2.15. The van der Waals surface area contributed by atoms with E-state index in [0.29, 0.717) is 17.2 Å². The lowest BCUT2D eigenvalue weighted by Gasteiger charge is -2.11. The number of imidazole rings is 1. The first-order valence-corrected chi connectivity index (χ1v) is 6.79. The fourth-order valence-corrected chi connectivity index (χ4v) is 2.03. The van der Waals surface area contributed by atoms with Crippen LogP contribution in [0.2, 0.25) is 0 Å². The van der Waals surface area contributed by atoms with Crippen molar-refractivity contribution in [3.63, 3.8) is 0 Å². The molecule has 0 saturated heterocycles. The molecule has 23 heavy (non-hydrogen) atoms. The number of hydrogen-bond acceptors (Lipinski definition) is 6. The Labute approximate surface area is 132 Å². The van der Waals surface area contributed by atoms with Gasteiger partial charge >= 0.3 is 0 Å². The minimum Gasteiger partial charge on any atom is -0.497 e. The van der Waals surface area contributed by atoms with Crippen LogP contribution >= 0.6 is 0 Å². The monoisotopic (exact) mass is 310 g/mol. The molecule has 7 heteroatoms. The van der Waals surface area contributed by atoms with E-state index in [1.807, 2.05) is 0 Å². The molecule has 0 saturated carbocycles. The Hall–Kier alpha value is -3.35. The van der Waals surface area contributed by atoms with Crippen LogP contribution in [0.25, 0.3) is 0 Å². The first-order chi connectivity index (χ1) is 11.3. The van der Waals surface area contributed by atoms with Crippen molar-refractivity contribution in [1.29, 1.82) is 0 Å². The largest absolute Gasteiger partial charge is 0.497 e. The third-order valence-electron chi connectivity index (χ3n) is 3.13. The van der Waals surface area contributed by atoms with E-state index in [4.69, 9.17) is 9.47 Å². The first kappa shape index (κ1) is 14.6. The molecule has 3 aromatic rings. The zero-order chi connectivity index (χ0) is 16.1. The highest BCUT2D eigenvalue weighted by Crippen LogP contribution is 2.25. The van der Waals surface area contributed by atoms with Gasteiger partial charge in [0, 0.05) is 18.6 Å². The van der Waals surface area contributed by atoms with Gasteiger partial charge in [-0.3, -0.25) is 4.57 Å². The normalized spacial score (nSPS) is 11.3. The van der Waals surface area contributed by atoms with Crippen molar-refractivity contribution >= 4 is 5.84 Å². The van der Waals surface area contributed by atoms with E-state index in [1.165, 1.54) is 6.33 Å². The number of methoxy groups -OCH3 is 1. The molecule has 0 spiro atoms. The molecule has 3 rings (SSSR count). The number of oxime groups is 1. The summed E-state index contributed by atoms with van der Waals surface area (Å²) in [6, 6.07) is 10.6. The second-order valence-corrected chi connectivity index (χ2v) is 4.53. The Bertz CT molecular complexity index is 798. The maximum Gasteiger partial charge on any atom is 0.230 e. The van der Waals surface area contributed by atoms with Gasteiger partial charge in [0.25, 0.3) is 0 Å². The summed E-state index contributed by atoms with van der Waals surface area (Å²) in [6.45, 7) is 0. The van der Waals surface area contributed by atoms with Crippen molar-refractivity contribution in [2.24, 2.45) is 5.16 Å². The van der Waals surface area contributed by atoms with Gasteiger partial charge in [0.05, 0.1) is 12.7 Å². The predicted octanol–water partition coefficient (Wildman–Crippen LogP) is 2.76. The van der Waals surface area contributed by atoms with Crippen LogP contribution < -0.4 is 9.47 Å². The Morgan fingerprint density at radius 3 is 2.57 bits per heavy atom. The van der Waals surface area contributed by atoms with Crippen LogP contribution in [0.1, 0.15) is 5.56 Å². The van der Waals surface area contributed by atoms with Gasteiger partial charge in [-0.15, -0.1) is 0 Å². The standard InChI is InChI=1S/C16H14N4O3/c1-22-12-4-6-13(7-5-12)23-16-14(3-2-8-18-16)15(19-21)20-10-9-17-11-20/h2-11,21H,1H3/b19-15-. The molecule has 0 amide bonds. The van der Waals surface area contributed by atoms with E-state index in [9.17, 15) is 5.21 Å². The van der Waals surface area contributed by atoms with Crippen molar-refractivity contribution < 1.29 is 14.7 Å². The summed E-state index contributed by atoms with van der Waals surface area (Å²) in [5.41, 5.74) is 0.531. The van der Waals surface area contributed by atoms with Crippen LogP contribution in [0.5, 0.6) is 17.4 Å². The summed E-state index contributed by atoms with van der Waals surface area (Å²) in [6.07, 6.45) is 6.38. The third-order valence-corrected chi connectivity index (χ3v) is 3.13. The van der Waals surface area contributed by atoms with Gasteiger partial charge in [-0.2, -0.15) is 0 Å². The molecular weight excluding hydrogens is 296 g/mol. The highest BCUT2D eigenvalue weighted by molar-refractivity contribution is 6.01. The Morgan fingerprint density at radius 2 is 1.91 bits per heavy atom. The van der Waals surface area contributed by atoms with Crippen LogP contribution in [0.15, 0.2) is 66.5 Å². The van der Waals surface area contributed by atoms with Gasteiger partial charge < -0.3 is 14.7 Å². The third kappa shape index (κ3) is 3.13. The second kappa shape index (κ2) is 6.61. The van der Waals surface area contributed by atoms with E-state index < -0.39 is 0 Å². The van der Waals surface area contributed by atoms with Crippen LogP contribution in [0, 0.1) is 0 Å². The Morgan fingerprint density at radius 1 is 1.13 bits per heavy atom. The second-order valence-electron chi connectivity index (χ2n) is 4.53. The maximum absolute atomic E-state index is 9.35. The quantitative estimate of drug-likeness (QED) is 0.347. The zero-order valence-corrected chi connectivity index (χ0v) is 12.3. The van der Waals surface area contributed by atoms with Gasteiger partial charge in [0.15, 0.2) is 5.84 Å². The Kier molecular flexibility index (Phi) is 4.19. The maximum atomic E-state index is 9.35. The summed E-state index contributed by atoms with van der Waals surface area (Å²) < 4.78 is 12.5. The zero-order valence-electron chi connectivity index (χ0n) is 12.3. The predicted molar refractivity (Wildman–Crippen MR) is 83.3 cm³/mol. The number of aromatic nitrogens is 3. The van der Waals surface area contributed by atoms with Gasteiger partial charge in [0.2, 0.25) is 5.88 Å². The number of nitrogens with zero attached hydrogens (tertiary/aromatic N) is 4. The van der Waals surface area contributed by atoms with Crippen LogP contribution in [-0.2, 0) is 0 Å². The fraction of sp³-hybridized carbons (Fsp3) is 0.0625. The molecule has 0 aliphatic rings. The molecule has 116 valence electrons. The number of ether oxygens (including phenoxy) is 2. The van der Waals surface area contributed by atoms with Crippen molar-refractivity contribution in [2.45, 2.75) is 0 Å². The number of pyridine rings is 1. The van der Waals surface area contributed by atoms with Gasteiger partial charge in [-0.25, -0.2) is 9.97 Å². The smallest absolute Gasteiger partial charge is 0.230 e. The van der Waals surface area contributed by atoms with Crippen LogP contribution in [-0.4, -0.2) is 32.7 Å². The molecule has 2 aromatic heterocycles. The van der Waals surface area contributed by atoms with Gasteiger partial charge in [-0.1, -0.05) is 5.16 Å². The summed E-state index contributed by atoms with van der Waals surface area (Å²) in [5, 5.41) is 12.7. The van der Waals surface area contributed by atoms with Crippen molar-refractivity contribution in [3.8, 4) is 17.4 Å². The molecule has 1 N–H and O–H groups in total. The van der Waals surface area contributed by atoms with E-state index in [0.717, 1.165) is 5.75 Å². The van der Waals surface area contributed by atoms with E-state index >= 15 is 0 Å². The summed E-state index contributed by atoms with van der Waals surface area (Å²) >= 11 is 0. The molecule has 0 unspecified atom stereocenters. The summed E-state index contributed by atoms with van der Waals surface area (Å²) in [4.78, 5) is 8.16. The fourth-order valence-electron chi connectivity index (χ4n) is 2.03. The van der Waals surface area contributed by atoms with Gasteiger partial charge in [0.1, 0.15) is 17.8 Å². The molecule has 2 heterocycles. The molecule has 0 aliphatic carbocycles. The van der Waals surface area contributed by atoms with Gasteiger partial charge in [-0.05, 0) is 36.4 Å². The summed E-state index contributed by atoms with van der Waals surface area (Å²) in [7, 11) is 1.60. The molecule has 0 atom stereocenters. The molecular formula is C16H14N4O3. The van der Waals surface area contributed by atoms with Crippen molar-refractivity contribution in [3.05, 3.63) is 66.9 Å². The molecule has 0 fully saturated rings. The van der Waals surface area contributed by atoms with Crippen LogP contribution in [0.4, 0.5) is 0 Å². The minimum atomic E-state index is 0.263. The number of hydrogen-bond donors (Lipinski definition) is 1. The molecule has 1 aromatic carbocycles. The molecule has 0 radical (unpaired) electrons. The molecule has 0 aliphatic heterocycles. The van der Waals surface area contributed by atoms with Crippen molar-refractivity contribution in [1.82, 2.24) is 14.5 Å². The number of rotatable bonds is 4. The lowest BCUT2D eigenvalue weighted by Crippen LogP contribution is -2.13. The van der Waals surface area contributed by atoms with E-state index in [-0.39, 0.29) is 5.84 Å². The number of benzene rings is 1. The minimum absolute atomic E-state index is 0.263. The average molecular weight is 310 g/mol. The lowest BCUT2D eigenvalue weighted by molar-refractivity contribution is 0.317.